The van der Waals surface area contributed by atoms with Crippen molar-refractivity contribution in [1.29, 1.82) is 0 Å². The van der Waals surface area contributed by atoms with Crippen LogP contribution in [0.15, 0.2) is 83.5 Å². The third kappa shape index (κ3) is 9.51. The largest absolute Gasteiger partial charge is 0.479 e. The van der Waals surface area contributed by atoms with Crippen LogP contribution in [0.1, 0.15) is 20.1 Å². The molecule has 4 aliphatic heterocycles. The lowest BCUT2D eigenvalue weighted by Gasteiger charge is -2.36. The topological polar surface area (TPSA) is 348 Å². The molecular formula is C38H52N12O14P2. The van der Waals surface area contributed by atoms with Gasteiger partial charge < -0.3 is 75.4 Å². The number of imidazole rings is 1. The smallest absolute Gasteiger partial charge is 0.458 e. The summed E-state index contributed by atoms with van der Waals surface area (Å²) in [6.07, 6.45) is -7.48. The Morgan fingerprint density at radius 1 is 0.848 bits per heavy atom. The number of nitrogens with zero attached hydrogens (tertiary/aromatic N) is 6. The number of nitrogens with two attached hydrogens (primary N) is 2. The van der Waals surface area contributed by atoms with E-state index in [-0.39, 0.29) is 60.2 Å². The first-order valence-corrected chi connectivity index (χ1v) is 23.6. The van der Waals surface area contributed by atoms with Gasteiger partial charge in [-0.1, -0.05) is 36.4 Å². The Morgan fingerprint density at radius 2 is 1.39 bits per heavy atom. The fourth-order valence-corrected chi connectivity index (χ4v) is 10.4. The molecule has 0 bridgehead atoms. The quantitative estimate of drug-likeness (QED) is 0.0429. The van der Waals surface area contributed by atoms with Gasteiger partial charge in [-0.05, 0) is 38.1 Å². The van der Waals surface area contributed by atoms with Gasteiger partial charge in [0.05, 0.1) is 33.3 Å². The molecule has 0 amide bonds. The molecule has 3 unspecified atom stereocenters. The van der Waals surface area contributed by atoms with E-state index in [1.165, 1.54) is 39.0 Å². The number of aliphatic imine (C=N–C) groups is 1. The monoisotopic (exact) mass is 962 g/mol. The summed E-state index contributed by atoms with van der Waals surface area (Å²) in [5.74, 6) is 0.768. The number of aliphatic hydroxyl groups excluding tert-OH is 2. The summed E-state index contributed by atoms with van der Waals surface area (Å²) in [5, 5.41) is 57.2. The van der Waals surface area contributed by atoms with E-state index < -0.39 is 83.0 Å². The highest BCUT2D eigenvalue weighted by atomic mass is 31.2. The predicted octanol–water partition coefficient (Wildman–Crippen LogP) is -0.228. The number of methoxy groups -OCH3 is 2. The lowest BCUT2D eigenvalue weighted by Crippen LogP contribution is -2.55. The molecule has 2 aromatic heterocycles. The first kappa shape index (κ1) is 47.3. The molecule has 12 N–H and O–H groups in total. The minimum absolute atomic E-state index is 0.0655. The highest BCUT2D eigenvalue weighted by Gasteiger charge is 2.57. The van der Waals surface area contributed by atoms with Gasteiger partial charge in [-0.3, -0.25) is 13.6 Å². The van der Waals surface area contributed by atoms with Crippen molar-refractivity contribution in [2.75, 3.05) is 52.9 Å². The van der Waals surface area contributed by atoms with Crippen LogP contribution in [-0.2, 0) is 32.4 Å². The van der Waals surface area contributed by atoms with Crippen molar-refractivity contribution in [2.45, 2.75) is 68.1 Å². The molecule has 2 saturated heterocycles. The standard InChI is InChI=1S/C38H52N12O14P2/c1-37(53)27(51)23(61-33(37)49-19-41-25-29(49)45-35(39)47-31(25)57-3)17-59-65(55,63-21-11-7-5-8-12-21)43-15-16-44-66(56,64-22-13-9-6-10-14-22)60-18-24-28(52)38(2,54)34(62-24)50-20-42-26-30(50)46-36(40)48-32(26)58-4/h5-14,19,23-24,27-28,32-34,42,51-54H,15-18,20H2,1-4H3,(H,43,55)(H,44,56)(H2,39,45,47)(H3,40,46,48)/t23-,24-,27-,28-,32?,33-,34-,37-,38-,65?,66?/m1/s1. The van der Waals surface area contributed by atoms with Gasteiger partial charge in [-0.25, -0.2) is 29.3 Å². The van der Waals surface area contributed by atoms with E-state index in [4.69, 9.17) is 48.5 Å². The summed E-state index contributed by atoms with van der Waals surface area (Å²) < 4.78 is 76.5. The average molecular weight is 963 g/mol. The minimum atomic E-state index is -4.37. The summed E-state index contributed by atoms with van der Waals surface area (Å²) in [6, 6.07) is 16.3. The highest BCUT2D eigenvalue weighted by Crippen LogP contribution is 2.48. The van der Waals surface area contributed by atoms with Crippen LogP contribution in [0.2, 0.25) is 0 Å². The first-order chi connectivity index (χ1) is 31.4. The zero-order chi connectivity index (χ0) is 47.0. The summed E-state index contributed by atoms with van der Waals surface area (Å²) in [6.45, 7) is 1.30. The fourth-order valence-electron chi connectivity index (χ4n) is 7.74. The molecule has 0 aliphatic carbocycles. The summed E-state index contributed by atoms with van der Waals surface area (Å²) in [4.78, 5) is 18.3. The third-order valence-electron chi connectivity index (χ3n) is 11.1. The Kier molecular flexibility index (Phi) is 13.5. The molecule has 0 spiro atoms. The molecule has 358 valence electrons. The molecule has 28 heteroatoms. The predicted molar refractivity (Wildman–Crippen MR) is 232 cm³/mol. The van der Waals surface area contributed by atoms with Crippen molar-refractivity contribution < 1.29 is 66.6 Å². The molecule has 66 heavy (non-hydrogen) atoms. The normalized spacial score (nSPS) is 30.3. The average Bonchev–Trinajstić information content (AvgIpc) is 4.02. The Bertz CT molecular complexity index is 2520. The number of benzene rings is 2. The molecule has 2 fully saturated rings. The summed E-state index contributed by atoms with van der Waals surface area (Å²) in [5.41, 5.74) is 8.95. The van der Waals surface area contributed by atoms with E-state index in [0.29, 0.717) is 11.5 Å². The van der Waals surface area contributed by atoms with Crippen molar-refractivity contribution in [1.82, 2.24) is 45.2 Å². The highest BCUT2D eigenvalue weighted by molar-refractivity contribution is 7.52. The van der Waals surface area contributed by atoms with E-state index in [0.717, 1.165) is 0 Å². The van der Waals surface area contributed by atoms with Gasteiger partial charge in [-0.2, -0.15) is 9.97 Å². The van der Waals surface area contributed by atoms with Crippen LogP contribution in [0, 0.1) is 0 Å². The zero-order valence-electron chi connectivity index (χ0n) is 36.0. The van der Waals surface area contributed by atoms with Crippen LogP contribution in [0.25, 0.3) is 11.2 Å². The SMILES string of the molecule is COc1nc(N)nc2c1ncn2[C@@H]1O[C@H](COP(=O)(NCCNP(=O)(OC[C@H]2O[C@@H](N3CNC4=C3NC(N)=NC4OC)[C@](C)(O)[C@@H]2O)Oc2ccccc2)Oc2ccccc2)[C@@H](O)[C@@]1(C)O. The van der Waals surface area contributed by atoms with Gasteiger partial charge in [0.15, 0.2) is 35.8 Å². The molecule has 6 heterocycles. The number of fused-ring (bicyclic) bond motifs is 1. The maximum absolute atomic E-state index is 14.4. The molecule has 26 nitrogen and oxygen atoms in total. The van der Waals surface area contributed by atoms with Crippen molar-refractivity contribution in [3.8, 4) is 17.4 Å². The van der Waals surface area contributed by atoms with Gasteiger partial charge >= 0.3 is 15.5 Å². The van der Waals surface area contributed by atoms with Crippen LogP contribution in [0.3, 0.4) is 0 Å². The number of nitrogens with one attached hydrogen (secondary N) is 4. The second kappa shape index (κ2) is 18.8. The number of rotatable bonds is 19. The van der Waals surface area contributed by atoms with E-state index in [9.17, 15) is 29.6 Å². The summed E-state index contributed by atoms with van der Waals surface area (Å²) in [7, 11) is -5.88. The lowest BCUT2D eigenvalue weighted by atomic mass is 9.96. The number of ether oxygens (including phenoxy) is 4. The number of aliphatic hydroxyl groups is 4. The fraction of sp³-hybridized carbons (Fsp3) is 0.474. The van der Waals surface area contributed by atoms with Crippen LogP contribution in [0.5, 0.6) is 17.4 Å². The molecule has 11 atom stereocenters. The van der Waals surface area contributed by atoms with Crippen LogP contribution >= 0.6 is 15.5 Å². The Balaban J connectivity index is 0.939. The number of aromatic nitrogens is 4. The minimum Gasteiger partial charge on any atom is -0.479 e. The molecular weight excluding hydrogens is 910 g/mol. The molecule has 2 aromatic carbocycles. The Labute approximate surface area is 377 Å². The third-order valence-corrected chi connectivity index (χ3v) is 14.2. The van der Waals surface area contributed by atoms with Crippen molar-refractivity contribution in [3.05, 3.63) is 78.5 Å². The van der Waals surface area contributed by atoms with Crippen molar-refractivity contribution in [2.24, 2.45) is 10.7 Å². The molecule has 4 aliphatic rings. The number of hydrogen-bond acceptors (Lipinski definition) is 23. The number of nitrogen functional groups attached to an aromatic ring is 1. The Morgan fingerprint density at radius 3 is 1.94 bits per heavy atom. The molecule has 4 aromatic rings. The Hall–Kier alpha value is -5.18. The van der Waals surface area contributed by atoms with E-state index >= 15 is 0 Å². The van der Waals surface area contributed by atoms with Crippen LogP contribution in [-0.4, -0.2) is 146 Å². The van der Waals surface area contributed by atoms with Gasteiger partial charge in [0.25, 0.3) is 0 Å². The second-order valence-corrected chi connectivity index (χ2v) is 19.3. The zero-order valence-corrected chi connectivity index (χ0v) is 37.8. The van der Waals surface area contributed by atoms with E-state index in [1.807, 2.05) is 0 Å². The summed E-state index contributed by atoms with van der Waals surface area (Å²) >= 11 is 0. The number of guanidine groups is 1. The van der Waals surface area contributed by atoms with Crippen molar-refractivity contribution >= 4 is 38.6 Å². The molecule has 8 rings (SSSR count). The van der Waals surface area contributed by atoms with Gasteiger partial charge in [-0.15, -0.1) is 0 Å². The maximum Gasteiger partial charge on any atom is 0.458 e. The second-order valence-electron chi connectivity index (χ2n) is 15.8. The van der Waals surface area contributed by atoms with Crippen LogP contribution in [0.4, 0.5) is 5.95 Å². The van der Waals surface area contributed by atoms with Crippen LogP contribution < -0.4 is 46.1 Å². The number of hydrogen-bond donors (Lipinski definition) is 10. The van der Waals surface area contributed by atoms with Gasteiger partial charge in [0.1, 0.15) is 58.6 Å². The number of para-hydroxylation sites is 2. The molecule has 0 saturated carbocycles. The lowest BCUT2D eigenvalue weighted by molar-refractivity contribution is -0.123. The number of anilines is 1. The van der Waals surface area contributed by atoms with E-state index in [1.54, 1.807) is 65.6 Å². The maximum atomic E-state index is 14.4. The van der Waals surface area contributed by atoms with Gasteiger partial charge in [0, 0.05) is 20.2 Å². The van der Waals surface area contributed by atoms with Gasteiger partial charge in [0.2, 0.25) is 11.8 Å². The first-order valence-electron chi connectivity index (χ1n) is 20.5. The molecule has 0 radical (unpaired) electrons. The van der Waals surface area contributed by atoms with Crippen molar-refractivity contribution in [3.63, 3.8) is 0 Å². The van der Waals surface area contributed by atoms with E-state index in [2.05, 4.69) is 40.8 Å².